The van der Waals surface area contributed by atoms with Gasteiger partial charge in [0.15, 0.2) is 0 Å². The number of esters is 1. The summed E-state index contributed by atoms with van der Waals surface area (Å²) in [5.74, 6) is -0.109. The lowest BCUT2D eigenvalue weighted by Gasteiger charge is -2.22. The van der Waals surface area contributed by atoms with Crippen molar-refractivity contribution in [3.63, 3.8) is 0 Å². The summed E-state index contributed by atoms with van der Waals surface area (Å²) in [6.45, 7) is 8.18. The van der Waals surface area contributed by atoms with Gasteiger partial charge in [-0.25, -0.2) is 0 Å². The summed E-state index contributed by atoms with van der Waals surface area (Å²) < 4.78 is 10.6. The van der Waals surface area contributed by atoms with Gasteiger partial charge in [-0.2, -0.15) is 11.8 Å². The van der Waals surface area contributed by atoms with Crippen LogP contribution in [0.2, 0.25) is 0 Å². The maximum atomic E-state index is 13.1. The van der Waals surface area contributed by atoms with Gasteiger partial charge in [0.05, 0.1) is 31.8 Å². The molecule has 0 spiro atoms. The zero-order valence-corrected chi connectivity index (χ0v) is 22.5. The minimum absolute atomic E-state index is 0.00478. The molecule has 2 amide bonds. The van der Waals surface area contributed by atoms with Crippen molar-refractivity contribution in [2.24, 2.45) is 5.92 Å². The maximum absolute atomic E-state index is 13.1. The number of aliphatic hydroxyl groups is 1. The zero-order chi connectivity index (χ0) is 27.1. The van der Waals surface area contributed by atoms with Gasteiger partial charge >= 0.3 is 5.97 Å². The average molecular weight is 535 g/mol. The molecule has 0 radical (unpaired) electrons. The quantitative estimate of drug-likeness (QED) is 0.119. The molecule has 37 heavy (non-hydrogen) atoms. The Labute approximate surface area is 225 Å². The summed E-state index contributed by atoms with van der Waals surface area (Å²) in [5, 5.41) is 14.4. The fourth-order valence-corrected chi connectivity index (χ4v) is 4.39. The highest BCUT2D eigenvalue weighted by molar-refractivity contribution is 7.98. The van der Waals surface area contributed by atoms with Crippen molar-refractivity contribution >= 4 is 29.5 Å². The van der Waals surface area contributed by atoms with Crippen LogP contribution in [0.4, 0.5) is 0 Å². The lowest BCUT2D eigenvalue weighted by molar-refractivity contribution is -0.145. The van der Waals surface area contributed by atoms with Gasteiger partial charge in [0.2, 0.25) is 11.8 Å². The number of unbranched alkanes of at least 4 members (excludes halogenated alkanes) is 2. The number of rotatable bonds is 22. The third kappa shape index (κ3) is 16.7. The minimum Gasteiger partial charge on any atom is -0.463 e. The van der Waals surface area contributed by atoms with E-state index >= 15 is 0 Å². The fraction of sp³-hybridized carbons (Fsp3) is 0.536. The predicted octanol–water partition coefficient (Wildman–Crippen LogP) is 3.40. The molecule has 1 aromatic rings. The monoisotopic (exact) mass is 534 g/mol. The van der Waals surface area contributed by atoms with Crippen LogP contribution in [-0.4, -0.2) is 67.7 Å². The number of benzene rings is 1. The molecule has 206 valence electrons. The number of aliphatic hydroxyl groups excluding tert-OH is 1. The van der Waals surface area contributed by atoms with E-state index in [1.807, 2.05) is 36.4 Å². The number of carbonyl (C=O) groups excluding carboxylic acids is 3. The first-order chi connectivity index (χ1) is 18.0. The van der Waals surface area contributed by atoms with E-state index in [0.29, 0.717) is 25.1 Å². The molecule has 0 aliphatic heterocycles. The van der Waals surface area contributed by atoms with Crippen molar-refractivity contribution in [1.82, 2.24) is 10.6 Å². The van der Waals surface area contributed by atoms with Gasteiger partial charge in [-0.3, -0.25) is 14.4 Å². The van der Waals surface area contributed by atoms with Crippen LogP contribution in [0.3, 0.4) is 0 Å². The summed E-state index contributed by atoms with van der Waals surface area (Å²) in [4.78, 5) is 37.6. The largest absolute Gasteiger partial charge is 0.463 e. The predicted molar refractivity (Wildman–Crippen MR) is 148 cm³/mol. The summed E-state index contributed by atoms with van der Waals surface area (Å²) in [7, 11) is 0. The first-order valence-electron chi connectivity index (χ1n) is 12.7. The second kappa shape index (κ2) is 21.5. The minimum atomic E-state index is -0.591. The van der Waals surface area contributed by atoms with E-state index in [0.717, 1.165) is 25.0 Å². The zero-order valence-electron chi connectivity index (χ0n) is 21.7. The summed E-state index contributed by atoms with van der Waals surface area (Å²) >= 11 is 1.64. The highest BCUT2D eigenvalue weighted by Crippen LogP contribution is 2.15. The fourth-order valence-electron chi connectivity index (χ4n) is 3.38. The number of nitrogens with one attached hydrogen (secondary N) is 2. The van der Waals surface area contributed by atoms with E-state index in [1.54, 1.807) is 17.8 Å². The van der Waals surface area contributed by atoms with Crippen molar-refractivity contribution in [2.75, 3.05) is 38.7 Å². The van der Waals surface area contributed by atoms with Crippen LogP contribution < -0.4 is 10.6 Å². The number of carbonyl (C=O) groups is 3. The van der Waals surface area contributed by atoms with Gasteiger partial charge in [0.25, 0.3) is 0 Å². The molecule has 9 heteroatoms. The second-order valence-corrected chi connectivity index (χ2v) is 9.57. The Bertz CT molecular complexity index is 805. The highest BCUT2D eigenvalue weighted by Gasteiger charge is 2.24. The molecule has 3 N–H and O–H groups in total. The number of hydrogen-bond donors (Lipinski definition) is 3. The van der Waals surface area contributed by atoms with Crippen LogP contribution in [0.5, 0.6) is 0 Å². The van der Waals surface area contributed by atoms with Gasteiger partial charge < -0.3 is 25.2 Å². The second-order valence-electron chi connectivity index (χ2n) is 8.54. The molecule has 0 saturated heterocycles. The summed E-state index contributed by atoms with van der Waals surface area (Å²) in [5.41, 5.74) is 1.17. The molecule has 1 aromatic carbocycles. The number of amides is 2. The normalized spacial score (nSPS) is 12.2. The average Bonchev–Trinajstić information content (AvgIpc) is 2.89. The van der Waals surface area contributed by atoms with Gasteiger partial charge in [0, 0.05) is 30.9 Å². The lowest BCUT2D eigenvalue weighted by Crippen LogP contribution is -2.44. The van der Waals surface area contributed by atoms with Crippen LogP contribution in [-0.2, 0) is 29.6 Å². The number of hydrogen-bond acceptors (Lipinski definition) is 7. The Balaban J connectivity index is 2.65. The van der Waals surface area contributed by atoms with Crippen molar-refractivity contribution < 1.29 is 29.0 Å². The Morgan fingerprint density at radius 3 is 2.57 bits per heavy atom. The molecule has 0 heterocycles. The smallest absolute Gasteiger partial charge is 0.305 e. The van der Waals surface area contributed by atoms with Crippen LogP contribution in [0.1, 0.15) is 44.1 Å². The number of thioether (sulfide) groups is 1. The molecule has 0 aromatic heterocycles. The van der Waals surface area contributed by atoms with Gasteiger partial charge in [-0.05, 0) is 31.2 Å². The topological polar surface area (TPSA) is 114 Å². The van der Waals surface area contributed by atoms with E-state index in [4.69, 9.17) is 14.6 Å². The Hall–Kier alpha value is -2.62. The van der Waals surface area contributed by atoms with Crippen molar-refractivity contribution in [3.05, 3.63) is 61.2 Å². The van der Waals surface area contributed by atoms with E-state index in [2.05, 4.69) is 23.8 Å². The highest BCUT2D eigenvalue weighted by atomic mass is 32.2. The first kappa shape index (κ1) is 32.4. The maximum Gasteiger partial charge on any atom is 0.305 e. The van der Waals surface area contributed by atoms with E-state index in [9.17, 15) is 14.4 Å². The van der Waals surface area contributed by atoms with E-state index in [-0.39, 0.29) is 56.7 Å². The van der Waals surface area contributed by atoms with Crippen molar-refractivity contribution in [3.8, 4) is 0 Å². The molecular formula is C28H42N2O6S. The molecule has 0 aliphatic carbocycles. The Morgan fingerprint density at radius 1 is 1.08 bits per heavy atom. The summed E-state index contributed by atoms with van der Waals surface area (Å²) in [6, 6.07) is 9.61. The van der Waals surface area contributed by atoms with Crippen LogP contribution >= 0.6 is 11.8 Å². The standard InChI is InChI=1S/C28H42N2O6S/c1-3-5-6-10-14-27(33)36-20-25(22-37-21-23-12-8-7-9-13-23)30-28(34)24(11-4-2)19-26(32)29-15-17-35-18-16-31/h3-4,7-9,12-13,24-25,31H,1-2,5-6,10-11,14-22H2,(H,29,32)(H,30,34)/t24-,25+/m0/s1. The third-order valence-corrected chi connectivity index (χ3v) is 6.50. The van der Waals surface area contributed by atoms with Crippen LogP contribution in [0.15, 0.2) is 55.6 Å². The molecular weight excluding hydrogens is 492 g/mol. The molecule has 0 aliphatic rings. The van der Waals surface area contributed by atoms with E-state index in [1.165, 1.54) is 5.56 Å². The van der Waals surface area contributed by atoms with E-state index < -0.39 is 5.92 Å². The number of ether oxygens (including phenoxy) is 2. The van der Waals surface area contributed by atoms with Crippen molar-refractivity contribution in [2.45, 2.75) is 50.3 Å². The number of allylic oxidation sites excluding steroid dienone is 2. The SMILES string of the molecule is C=CCCCCC(=O)OC[C@H](CSCc1ccccc1)NC(=O)[C@@H](CC=C)CC(=O)NCCOCCO. The van der Waals surface area contributed by atoms with Gasteiger partial charge in [0.1, 0.15) is 6.61 Å². The lowest BCUT2D eigenvalue weighted by atomic mass is 9.99. The molecule has 0 unspecified atom stereocenters. The Kier molecular flexibility index (Phi) is 18.8. The Morgan fingerprint density at radius 2 is 1.86 bits per heavy atom. The van der Waals surface area contributed by atoms with Gasteiger partial charge in [-0.15, -0.1) is 13.2 Å². The molecule has 0 saturated carbocycles. The molecule has 1 rings (SSSR count). The van der Waals surface area contributed by atoms with Crippen LogP contribution in [0.25, 0.3) is 0 Å². The molecule has 2 atom stereocenters. The molecule has 0 fully saturated rings. The summed E-state index contributed by atoms with van der Waals surface area (Å²) in [6.07, 6.45) is 6.58. The van der Waals surface area contributed by atoms with Crippen molar-refractivity contribution in [1.29, 1.82) is 0 Å². The molecule has 0 bridgehead atoms. The molecule has 8 nitrogen and oxygen atoms in total. The first-order valence-corrected chi connectivity index (χ1v) is 13.9. The van der Waals surface area contributed by atoms with Crippen LogP contribution in [0, 0.1) is 5.92 Å². The third-order valence-electron chi connectivity index (χ3n) is 5.32. The van der Waals surface area contributed by atoms with Gasteiger partial charge in [-0.1, -0.05) is 42.5 Å².